The molecule has 88 valence electrons. The summed E-state index contributed by atoms with van der Waals surface area (Å²) in [6, 6.07) is 4.49. The first-order valence-corrected chi connectivity index (χ1v) is 5.43. The molecule has 1 aromatic carbocycles. The molecule has 0 aromatic heterocycles. The fraction of sp³-hybridized carbons (Fsp3) is 0.455. The molecule has 0 radical (unpaired) electrons. The summed E-state index contributed by atoms with van der Waals surface area (Å²) in [6.07, 6.45) is 3.41. The van der Waals surface area contributed by atoms with Gasteiger partial charge in [0.1, 0.15) is 0 Å². The lowest BCUT2D eigenvalue weighted by Gasteiger charge is -2.08. The van der Waals surface area contributed by atoms with Gasteiger partial charge in [0.2, 0.25) is 0 Å². The molecule has 5 nitrogen and oxygen atoms in total. The molecule has 0 unspecified atom stereocenters. The number of nitrogens with one attached hydrogen (secondary N) is 1. The average Bonchev–Trinajstić information content (AvgIpc) is 2.26. The number of hydrogen-bond donors (Lipinski definition) is 2. The highest BCUT2D eigenvalue weighted by Crippen LogP contribution is 2.23. The number of non-ortho nitro benzene ring substituents is 1. The lowest BCUT2D eigenvalue weighted by atomic mass is 10.2. The molecular weight excluding hydrogens is 206 g/mol. The molecule has 0 heterocycles. The number of benzene rings is 1. The first kappa shape index (κ1) is 12.3. The van der Waals surface area contributed by atoms with Gasteiger partial charge in [-0.1, -0.05) is 19.8 Å². The van der Waals surface area contributed by atoms with Crippen molar-refractivity contribution in [1.29, 1.82) is 0 Å². The molecule has 0 saturated heterocycles. The van der Waals surface area contributed by atoms with Gasteiger partial charge in [-0.3, -0.25) is 10.1 Å². The van der Waals surface area contributed by atoms with Crippen molar-refractivity contribution in [2.75, 3.05) is 17.6 Å². The van der Waals surface area contributed by atoms with E-state index in [2.05, 4.69) is 12.2 Å². The van der Waals surface area contributed by atoms with Gasteiger partial charge < -0.3 is 11.1 Å². The van der Waals surface area contributed by atoms with Crippen LogP contribution < -0.4 is 11.1 Å². The van der Waals surface area contributed by atoms with Crippen molar-refractivity contribution in [3.63, 3.8) is 0 Å². The maximum atomic E-state index is 10.5. The first-order chi connectivity index (χ1) is 7.65. The van der Waals surface area contributed by atoms with Crippen LogP contribution in [0.3, 0.4) is 0 Å². The molecule has 0 amide bonds. The molecule has 0 bridgehead atoms. The summed E-state index contributed by atoms with van der Waals surface area (Å²) in [4.78, 5) is 10.0. The number of nitro benzene ring substituents is 1. The molecule has 0 fully saturated rings. The molecule has 0 aliphatic rings. The molecule has 0 spiro atoms. The second-order valence-electron chi connectivity index (χ2n) is 3.66. The zero-order valence-electron chi connectivity index (χ0n) is 9.40. The number of anilines is 2. The van der Waals surface area contributed by atoms with Gasteiger partial charge in [-0.2, -0.15) is 0 Å². The Balaban J connectivity index is 2.57. The first-order valence-electron chi connectivity index (χ1n) is 5.43. The lowest BCUT2D eigenvalue weighted by Crippen LogP contribution is -2.04. The van der Waals surface area contributed by atoms with Crippen molar-refractivity contribution in [1.82, 2.24) is 0 Å². The summed E-state index contributed by atoms with van der Waals surface area (Å²) >= 11 is 0. The predicted molar refractivity (Wildman–Crippen MR) is 65.5 cm³/mol. The van der Waals surface area contributed by atoms with E-state index in [4.69, 9.17) is 5.73 Å². The number of nitrogens with two attached hydrogens (primary N) is 1. The van der Waals surface area contributed by atoms with Crippen molar-refractivity contribution >= 4 is 17.1 Å². The average molecular weight is 223 g/mol. The van der Waals surface area contributed by atoms with Gasteiger partial charge in [-0.15, -0.1) is 0 Å². The summed E-state index contributed by atoms with van der Waals surface area (Å²) in [5.74, 6) is 0. The molecule has 3 N–H and O–H groups in total. The van der Waals surface area contributed by atoms with E-state index in [0.717, 1.165) is 25.1 Å². The van der Waals surface area contributed by atoms with E-state index in [0.29, 0.717) is 5.69 Å². The van der Waals surface area contributed by atoms with E-state index in [1.54, 1.807) is 6.07 Å². The van der Waals surface area contributed by atoms with Crippen LogP contribution >= 0.6 is 0 Å². The van der Waals surface area contributed by atoms with E-state index >= 15 is 0 Å². The van der Waals surface area contributed by atoms with Crippen LogP contribution in [-0.2, 0) is 0 Å². The van der Waals surface area contributed by atoms with Gasteiger partial charge in [-0.25, -0.2) is 0 Å². The highest BCUT2D eigenvalue weighted by atomic mass is 16.6. The van der Waals surface area contributed by atoms with Crippen LogP contribution in [0.5, 0.6) is 0 Å². The van der Waals surface area contributed by atoms with Crippen LogP contribution in [0.2, 0.25) is 0 Å². The lowest BCUT2D eigenvalue weighted by molar-refractivity contribution is -0.384. The summed E-state index contributed by atoms with van der Waals surface area (Å²) in [7, 11) is 0. The molecule has 16 heavy (non-hydrogen) atoms. The van der Waals surface area contributed by atoms with Gasteiger partial charge in [-0.05, 0) is 12.5 Å². The Morgan fingerprint density at radius 1 is 1.44 bits per heavy atom. The normalized spacial score (nSPS) is 10.1. The summed E-state index contributed by atoms with van der Waals surface area (Å²) in [5, 5.41) is 13.7. The number of rotatable bonds is 6. The smallest absolute Gasteiger partial charge is 0.271 e. The second kappa shape index (κ2) is 5.95. The Bertz CT molecular complexity index is 366. The zero-order chi connectivity index (χ0) is 12.0. The summed E-state index contributed by atoms with van der Waals surface area (Å²) < 4.78 is 0. The van der Waals surface area contributed by atoms with Gasteiger partial charge in [0, 0.05) is 18.7 Å². The zero-order valence-corrected chi connectivity index (χ0v) is 9.40. The SMILES string of the molecule is CCCCCNc1ccc([N+](=O)[O-])cc1N. The van der Waals surface area contributed by atoms with Crippen LogP contribution in [0.4, 0.5) is 17.1 Å². The predicted octanol–water partition coefficient (Wildman–Crippen LogP) is 2.78. The Morgan fingerprint density at radius 2 is 2.19 bits per heavy atom. The summed E-state index contributed by atoms with van der Waals surface area (Å²) in [6.45, 7) is 2.98. The Kier molecular flexibility index (Phi) is 4.57. The molecule has 1 aromatic rings. The Labute approximate surface area is 94.8 Å². The molecule has 1 rings (SSSR count). The van der Waals surface area contributed by atoms with E-state index < -0.39 is 4.92 Å². The van der Waals surface area contributed by atoms with E-state index in [1.807, 2.05) is 0 Å². The number of nitrogen functional groups attached to an aromatic ring is 1. The number of nitro groups is 1. The van der Waals surface area contributed by atoms with Crippen LogP contribution in [0.25, 0.3) is 0 Å². The quantitative estimate of drug-likeness (QED) is 0.336. The summed E-state index contributed by atoms with van der Waals surface area (Å²) in [5.41, 5.74) is 6.92. The van der Waals surface area contributed by atoms with Crippen molar-refractivity contribution < 1.29 is 4.92 Å². The fourth-order valence-electron chi connectivity index (χ4n) is 1.42. The third-order valence-electron chi connectivity index (χ3n) is 2.34. The standard InChI is InChI=1S/C11H17N3O2/c1-2-3-4-7-13-11-6-5-9(14(15)16)8-10(11)12/h5-6,8,13H,2-4,7,12H2,1H3. The molecular formula is C11H17N3O2. The monoisotopic (exact) mass is 223 g/mol. The largest absolute Gasteiger partial charge is 0.397 e. The third-order valence-corrected chi connectivity index (χ3v) is 2.34. The molecule has 0 atom stereocenters. The van der Waals surface area contributed by atoms with Crippen molar-refractivity contribution in [2.24, 2.45) is 0 Å². The van der Waals surface area contributed by atoms with Crippen molar-refractivity contribution in [2.45, 2.75) is 26.2 Å². The second-order valence-corrected chi connectivity index (χ2v) is 3.66. The van der Waals surface area contributed by atoms with Crippen LogP contribution in [-0.4, -0.2) is 11.5 Å². The topological polar surface area (TPSA) is 81.2 Å². The van der Waals surface area contributed by atoms with E-state index in [1.165, 1.54) is 18.6 Å². The van der Waals surface area contributed by atoms with E-state index in [-0.39, 0.29) is 5.69 Å². The molecule has 5 heteroatoms. The van der Waals surface area contributed by atoms with Gasteiger partial charge in [0.25, 0.3) is 5.69 Å². The third kappa shape index (κ3) is 3.42. The maximum absolute atomic E-state index is 10.5. The highest BCUT2D eigenvalue weighted by molar-refractivity contribution is 5.69. The molecule has 0 aliphatic carbocycles. The van der Waals surface area contributed by atoms with Crippen LogP contribution in [0.1, 0.15) is 26.2 Å². The van der Waals surface area contributed by atoms with Gasteiger partial charge in [0.15, 0.2) is 0 Å². The van der Waals surface area contributed by atoms with Crippen molar-refractivity contribution in [3.05, 3.63) is 28.3 Å². The van der Waals surface area contributed by atoms with Crippen LogP contribution in [0.15, 0.2) is 18.2 Å². The maximum Gasteiger partial charge on any atom is 0.271 e. The number of hydrogen-bond acceptors (Lipinski definition) is 4. The van der Waals surface area contributed by atoms with Gasteiger partial charge >= 0.3 is 0 Å². The Morgan fingerprint density at radius 3 is 2.75 bits per heavy atom. The van der Waals surface area contributed by atoms with E-state index in [9.17, 15) is 10.1 Å². The minimum atomic E-state index is -0.447. The number of unbranched alkanes of at least 4 members (excludes halogenated alkanes) is 2. The van der Waals surface area contributed by atoms with Gasteiger partial charge in [0.05, 0.1) is 16.3 Å². The minimum absolute atomic E-state index is 0.0246. The highest BCUT2D eigenvalue weighted by Gasteiger charge is 2.07. The van der Waals surface area contributed by atoms with Crippen LogP contribution in [0, 0.1) is 10.1 Å². The Hall–Kier alpha value is -1.78. The van der Waals surface area contributed by atoms with Crippen molar-refractivity contribution in [3.8, 4) is 0 Å². The minimum Gasteiger partial charge on any atom is -0.397 e. The number of nitrogens with zero attached hydrogens (tertiary/aromatic N) is 1. The molecule has 0 saturated carbocycles. The fourth-order valence-corrected chi connectivity index (χ4v) is 1.42. The molecule has 0 aliphatic heterocycles.